The molecule has 1 aliphatic rings. The van der Waals surface area contributed by atoms with Gasteiger partial charge in [0.15, 0.2) is 5.03 Å². The van der Waals surface area contributed by atoms with Crippen molar-refractivity contribution in [2.45, 2.75) is 31.4 Å². The van der Waals surface area contributed by atoms with Crippen LogP contribution in [-0.4, -0.2) is 51.4 Å². The SMILES string of the molecule is Cc1cc(O[C@H]2CCN(S(=O)(=O)c3cn(C)cn3)C2)nc(C)n1. The molecule has 2 aromatic heterocycles. The Morgan fingerprint density at radius 2 is 2.09 bits per heavy atom. The fraction of sp³-hybridized carbons (Fsp3) is 0.500. The van der Waals surface area contributed by atoms with Crippen molar-refractivity contribution in [1.82, 2.24) is 23.8 Å². The van der Waals surface area contributed by atoms with Crippen LogP contribution in [0.5, 0.6) is 5.88 Å². The number of imidazole rings is 1. The molecule has 0 bridgehead atoms. The van der Waals surface area contributed by atoms with Gasteiger partial charge in [-0.2, -0.15) is 9.29 Å². The first kappa shape index (κ1) is 15.9. The van der Waals surface area contributed by atoms with Crippen LogP contribution in [0.1, 0.15) is 17.9 Å². The summed E-state index contributed by atoms with van der Waals surface area (Å²) in [5.41, 5.74) is 0.823. The third-order valence-electron chi connectivity index (χ3n) is 3.62. The molecule has 1 saturated heterocycles. The van der Waals surface area contributed by atoms with Crippen molar-refractivity contribution in [3.05, 3.63) is 30.1 Å². The first-order valence-electron chi connectivity index (χ1n) is 7.31. The molecule has 2 aromatic rings. The van der Waals surface area contributed by atoms with Gasteiger partial charge in [-0.15, -0.1) is 0 Å². The van der Waals surface area contributed by atoms with Gasteiger partial charge in [0.25, 0.3) is 10.0 Å². The van der Waals surface area contributed by atoms with Crippen molar-refractivity contribution >= 4 is 10.0 Å². The number of aromatic nitrogens is 4. The van der Waals surface area contributed by atoms with E-state index in [1.807, 2.05) is 6.92 Å². The molecule has 0 N–H and O–H groups in total. The molecule has 9 heteroatoms. The highest BCUT2D eigenvalue weighted by molar-refractivity contribution is 7.89. The van der Waals surface area contributed by atoms with Crippen LogP contribution in [0.4, 0.5) is 0 Å². The molecule has 3 rings (SSSR count). The minimum atomic E-state index is -3.57. The van der Waals surface area contributed by atoms with Gasteiger partial charge in [-0.1, -0.05) is 0 Å². The molecule has 0 amide bonds. The summed E-state index contributed by atoms with van der Waals surface area (Å²) in [6.07, 6.45) is 3.38. The Morgan fingerprint density at radius 3 is 2.74 bits per heavy atom. The lowest BCUT2D eigenvalue weighted by Gasteiger charge is -2.16. The van der Waals surface area contributed by atoms with Gasteiger partial charge in [-0.25, -0.2) is 18.4 Å². The van der Waals surface area contributed by atoms with E-state index in [4.69, 9.17) is 4.74 Å². The summed E-state index contributed by atoms with van der Waals surface area (Å²) >= 11 is 0. The average molecular weight is 337 g/mol. The van der Waals surface area contributed by atoms with Crippen molar-refractivity contribution in [2.75, 3.05) is 13.1 Å². The van der Waals surface area contributed by atoms with Gasteiger partial charge in [-0.3, -0.25) is 0 Å². The number of rotatable bonds is 4. The highest BCUT2D eigenvalue weighted by atomic mass is 32.2. The first-order valence-corrected chi connectivity index (χ1v) is 8.75. The normalized spacial score (nSPS) is 19.2. The Balaban J connectivity index is 1.71. The fourth-order valence-electron chi connectivity index (χ4n) is 2.58. The van der Waals surface area contributed by atoms with Crippen LogP contribution in [-0.2, 0) is 17.1 Å². The molecule has 0 aromatic carbocycles. The Morgan fingerprint density at radius 1 is 1.30 bits per heavy atom. The van der Waals surface area contributed by atoms with Crippen molar-refractivity contribution in [1.29, 1.82) is 0 Å². The third-order valence-corrected chi connectivity index (χ3v) is 5.37. The van der Waals surface area contributed by atoms with Crippen LogP contribution < -0.4 is 4.74 Å². The summed E-state index contributed by atoms with van der Waals surface area (Å²) in [6.45, 7) is 4.37. The highest BCUT2D eigenvalue weighted by Gasteiger charge is 2.35. The zero-order valence-corrected chi connectivity index (χ0v) is 14.1. The lowest BCUT2D eigenvalue weighted by atomic mass is 10.3. The largest absolute Gasteiger partial charge is 0.473 e. The van der Waals surface area contributed by atoms with E-state index in [9.17, 15) is 8.42 Å². The van der Waals surface area contributed by atoms with Gasteiger partial charge in [0.05, 0.1) is 12.9 Å². The smallest absolute Gasteiger partial charge is 0.262 e. The van der Waals surface area contributed by atoms with Gasteiger partial charge < -0.3 is 9.30 Å². The number of ether oxygens (including phenoxy) is 1. The van der Waals surface area contributed by atoms with Gasteiger partial charge in [0.2, 0.25) is 5.88 Å². The summed E-state index contributed by atoms with van der Waals surface area (Å²) < 4.78 is 33.9. The Bertz CT molecular complexity index is 797. The van der Waals surface area contributed by atoms with E-state index in [1.54, 1.807) is 24.6 Å². The van der Waals surface area contributed by atoms with Crippen LogP contribution in [0.3, 0.4) is 0 Å². The Hall–Kier alpha value is -2.00. The molecule has 0 unspecified atom stereocenters. The van der Waals surface area contributed by atoms with E-state index in [2.05, 4.69) is 15.0 Å². The maximum Gasteiger partial charge on any atom is 0.262 e. The molecule has 23 heavy (non-hydrogen) atoms. The number of sulfonamides is 1. The Kier molecular flexibility index (Phi) is 4.07. The highest BCUT2D eigenvalue weighted by Crippen LogP contribution is 2.22. The third kappa shape index (κ3) is 3.35. The lowest BCUT2D eigenvalue weighted by molar-refractivity contribution is 0.206. The summed E-state index contributed by atoms with van der Waals surface area (Å²) in [5.74, 6) is 1.12. The Labute approximate surface area is 135 Å². The lowest BCUT2D eigenvalue weighted by Crippen LogP contribution is -2.31. The quantitative estimate of drug-likeness (QED) is 0.814. The summed E-state index contributed by atoms with van der Waals surface area (Å²) in [4.78, 5) is 12.4. The molecule has 0 aliphatic carbocycles. The van der Waals surface area contributed by atoms with Crippen molar-refractivity contribution in [3.8, 4) is 5.88 Å². The molecule has 1 fully saturated rings. The maximum atomic E-state index is 12.5. The topological polar surface area (TPSA) is 90.2 Å². The summed E-state index contributed by atoms with van der Waals surface area (Å²) in [7, 11) is -1.83. The second-order valence-electron chi connectivity index (χ2n) is 5.66. The van der Waals surface area contributed by atoms with Gasteiger partial charge in [-0.05, 0) is 20.3 Å². The summed E-state index contributed by atoms with van der Waals surface area (Å²) in [5, 5.41) is 0.0642. The van der Waals surface area contributed by atoms with E-state index in [-0.39, 0.29) is 11.1 Å². The van der Waals surface area contributed by atoms with E-state index < -0.39 is 10.0 Å². The van der Waals surface area contributed by atoms with Crippen LogP contribution in [0.25, 0.3) is 0 Å². The molecule has 0 saturated carbocycles. The monoisotopic (exact) mass is 337 g/mol. The molecule has 8 nitrogen and oxygen atoms in total. The van der Waals surface area contributed by atoms with Crippen LogP contribution in [0.2, 0.25) is 0 Å². The minimum absolute atomic E-state index is 0.0642. The molecule has 1 aliphatic heterocycles. The van der Waals surface area contributed by atoms with E-state index in [0.717, 1.165) is 5.69 Å². The maximum absolute atomic E-state index is 12.5. The zero-order valence-electron chi connectivity index (χ0n) is 13.3. The predicted octanol–water partition coefficient (Wildman–Crippen LogP) is 0.669. The molecular weight excluding hydrogens is 318 g/mol. The van der Waals surface area contributed by atoms with Crippen molar-refractivity contribution < 1.29 is 13.2 Å². The van der Waals surface area contributed by atoms with Crippen molar-refractivity contribution in [2.24, 2.45) is 7.05 Å². The zero-order chi connectivity index (χ0) is 16.6. The van der Waals surface area contributed by atoms with Crippen LogP contribution in [0, 0.1) is 13.8 Å². The standard InChI is InChI=1S/C14H19N5O3S/c1-10-6-13(17-11(2)16-10)22-12-4-5-19(7-12)23(20,21)14-8-18(3)9-15-14/h6,8-9,12H,4-5,7H2,1-3H3/t12-/m0/s1. The fourth-order valence-corrected chi connectivity index (χ4v) is 4.03. The number of hydrogen-bond acceptors (Lipinski definition) is 6. The van der Waals surface area contributed by atoms with Crippen molar-refractivity contribution in [3.63, 3.8) is 0 Å². The van der Waals surface area contributed by atoms with Gasteiger partial charge in [0.1, 0.15) is 11.9 Å². The van der Waals surface area contributed by atoms with Gasteiger partial charge >= 0.3 is 0 Å². The molecular formula is C14H19N5O3S. The average Bonchev–Trinajstić information content (AvgIpc) is 3.07. The van der Waals surface area contributed by atoms with Crippen LogP contribution >= 0.6 is 0 Å². The second kappa shape index (κ2) is 5.89. The van der Waals surface area contributed by atoms with Gasteiger partial charge in [0, 0.05) is 31.5 Å². The molecule has 0 radical (unpaired) electrons. The number of aryl methyl sites for hydroxylation is 3. The molecule has 1 atom stereocenters. The van der Waals surface area contributed by atoms with E-state index in [1.165, 1.54) is 16.8 Å². The van der Waals surface area contributed by atoms with Crippen LogP contribution in [0.15, 0.2) is 23.6 Å². The second-order valence-corrected chi connectivity index (χ2v) is 7.55. The number of nitrogens with zero attached hydrogens (tertiary/aromatic N) is 5. The first-order chi connectivity index (χ1) is 10.8. The number of hydrogen-bond donors (Lipinski definition) is 0. The molecule has 3 heterocycles. The molecule has 0 spiro atoms. The molecule has 124 valence electrons. The minimum Gasteiger partial charge on any atom is -0.473 e. The van der Waals surface area contributed by atoms with E-state index in [0.29, 0.717) is 31.2 Å². The predicted molar refractivity (Wildman–Crippen MR) is 82.5 cm³/mol. The van der Waals surface area contributed by atoms with E-state index >= 15 is 0 Å². The summed E-state index contributed by atoms with van der Waals surface area (Å²) in [6, 6.07) is 1.75.